The van der Waals surface area contributed by atoms with Gasteiger partial charge in [0.25, 0.3) is 5.91 Å². The lowest BCUT2D eigenvalue weighted by atomic mass is 10.2. The second-order valence-electron chi connectivity index (χ2n) is 6.75. The number of esters is 1. The maximum Gasteiger partial charge on any atom is 0.331 e. The molecule has 2 heterocycles. The van der Waals surface area contributed by atoms with E-state index in [4.69, 9.17) is 18.9 Å². The van der Waals surface area contributed by atoms with Gasteiger partial charge in [-0.25, -0.2) is 4.79 Å². The molecule has 0 aliphatic carbocycles. The lowest BCUT2D eigenvalue weighted by Gasteiger charge is -2.28. The Hall–Kier alpha value is -3.52. The third-order valence-corrected chi connectivity index (χ3v) is 4.68. The summed E-state index contributed by atoms with van der Waals surface area (Å²) in [6, 6.07) is 12.9. The van der Waals surface area contributed by atoms with Crippen molar-refractivity contribution in [2.45, 2.75) is 0 Å². The van der Waals surface area contributed by atoms with E-state index in [-0.39, 0.29) is 13.4 Å². The molecule has 0 radical (unpaired) electrons. The first-order valence-corrected chi connectivity index (χ1v) is 9.64. The second kappa shape index (κ2) is 9.32. The molecule has 156 valence electrons. The smallest absolute Gasteiger partial charge is 0.331 e. The molecule has 0 saturated carbocycles. The molecule has 2 aliphatic rings. The lowest BCUT2D eigenvalue weighted by Crippen LogP contribution is -2.36. The standard InChI is InChI=1S/C22H22N2O6/c25-21(23-17-3-5-18(6-4-17)24-9-11-27-12-10-24)14-28-22(26)8-2-16-1-7-19-20(13-16)30-15-29-19/h1-8,13H,9-12,14-15H2,(H,23,25)/b8-2+. The fourth-order valence-corrected chi connectivity index (χ4v) is 3.14. The summed E-state index contributed by atoms with van der Waals surface area (Å²) in [5.41, 5.74) is 2.49. The average molecular weight is 410 g/mol. The van der Waals surface area contributed by atoms with Crippen LogP contribution in [0, 0.1) is 0 Å². The summed E-state index contributed by atoms with van der Waals surface area (Å²) in [6.07, 6.45) is 2.86. The highest BCUT2D eigenvalue weighted by atomic mass is 16.7. The molecular weight excluding hydrogens is 388 g/mol. The maximum atomic E-state index is 12.0. The number of hydrogen-bond donors (Lipinski definition) is 1. The molecule has 2 aromatic carbocycles. The number of nitrogens with one attached hydrogen (secondary N) is 1. The van der Waals surface area contributed by atoms with Gasteiger partial charge in [0.1, 0.15) is 0 Å². The number of fused-ring (bicyclic) bond motifs is 1. The quantitative estimate of drug-likeness (QED) is 0.578. The minimum atomic E-state index is -0.606. The summed E-state index contributed by atoms with van der Waals surface area (Å²) < 4.78 is 20.9. The van der Waals surface area contributed by atoms with Crippen molar-refractivity contribution >= 4 is 29.3 Å². The van der Waals surface area contributed by atoms with Gasteiger partial charge in [0.05, 0.1) is 13.2 Å². The first kappa shape index (κ1) is 19.8. The molecule has 2 aromatic rings. The molecule has 1 amide bonds. The van der Waals surface area contributed by atoms with E-state index in [9.17, 15) is 9.59 Å². The Morgan fingerprint density at radius 2 is 1.80 bits per heavy atom. The Morgan fingerprint density at radius 3 is 2.60 bits per heavy atom. The minimum Gasteiger partial charge on any atom is -0.454 e. The highest BCUT2D eigenvalue weighted by Crippen LogP contribution is 2.32. The first-order chi connectivity index (χ1) is 14.7. The van der Waals surface area contributed by atoms with Gasteiger partial charge in [-0.1, -0.05) is 6.07 Å². The number of hydrogen-bond acceptors (Lipinski definition) is 7. The molecule has 2 aliphatic heterocycles. The van der Waals surface area contributed by atoms with E-state index < -0.39 is 11.9 Å². The van der Waals surface area contributed by atoms with Crippen LogP contribution < -0.4 is 19.7 Å². The number of amides is 1. The van der Waals surface area contributed by atoms with Crippen molar-refractivity contribution in [1.29, 1.82) is 0 Å². The van der Waals surface area contributed by atoms with Gasteiger partial charge < -0.3 is 29.2 Å². The SMILES string of the molecule is O=C(COC(=O)/C=C/c1ccc2c(c1)OCO2)Nc1ccc(N2CCOCC2)cc1. The Bertz CT molecular complexity index is 935. The van der Waals surface area contributed by atoms with E-state index in [0.717, 1.165) is 24.3 Å². The number of nitrogens with zero attached hydrogens (tertiary/aromatic N) is 1. The molecule has 0 aromatic heterocycles. The van der Waals surface area contributed by atoms with Crippen molar-refractivity contribution < 1.29 is 28.5 Å². The number of morpholine rings is 1. The summed E-state index contributed by atoms with van der Waals surface area (Å²) in [6.45, 7) is 2.95. The fourth-order valence-electron chi connectivity index (χ4n) is 3.14. The van der Waals surface area contributed by atoms with E-state index in [1.165, 1.54) is 6.08 Å². The molecule has 1 fully saturated rings. The first-order valence-electron chi connectivity index (χ1n) is 9.64. The summed E-state index contributed by atoms with van der Waals surface area (Å²) in [4.78, 5) is 26.1. The molecule has 8 nitrogen and oxygen atoms in total. The lowest BCUT2D eigenvalue weighted by molar-refractivity contribution is -0.142. The molecule has 0 spiro atoms. The number of carbonyl (C=O) groups excluding carboxylic acids is 2. The predicted octanol–water partition coefficient (Wildman–Crippen LogP) is 2.45. The minimum absolute atomic E-state index is 0.190. The van der Waals surface area contributed by atoms with Gasteiger partial charge in [-0.15, -0.1) is 0 Å². The van der Waals surface area contributed by atoms with Crippen LogP contribution in [0.25, 0.3) is 6.08 Å². The predicted molar refractivity (Wildman–Crippen MR) is 111 cm³/mol. The summed E-state index contributed by atoms with van der Waals surface area (Å²) in [5.74, 6) is 0.290. The van der Waals surface area contributed by atoms with Crippen LogP contribution in [-0.4, -0.2) is 51.6 Å². The van der Waals surface area contributed by atoms with E-state index in [2.05, 4.69) is 10.2 Å². The number of rotatable bonds is 6. The van der Waals surface area contributed by atoms with Gasteiger partial charge in [0.15, 0.2) is 18.1 Å². The maximum absolute atomic E-state index is 12.0. The second-order valence-corrected chi connectivity index (χ2v) is 6.75. The normalized spacial score (nSPS) is 15.3. The van der Waals surface area contributed by atoms with Crippen LogP contribution in [0.1, 0.15) is 5.56 Å². The van der Waals surface area contributed by atoms with Gasteiger partial charge in [0, 0.05) is 30.5 Å². The van der Waals surface area contributed by atoms with Crippen molar-refractivity contribution in [2.75, 3.05) is 49.9 Å². The Morgan fingerprint density at radius 1 is 1.03 bits per heavy atom. The van der Waals surface area contributed by atoms with E-state index in [1.807, 2.05) is 24.3 Å². The zero-order valence-corrected chi connectivity index (χ0v) is 16.3. The molecule has 8 heteroatoms. The Balaban J connectivity index is 1.22. The number of benzene rings is 2. The van der Waals surface area contributed by atoms with Gasteiger partial charge in [0.2, 0.25) is 6.79 Å². The summed E-state index contributed by atoms with van der Waals surface area (Å²) >= 11 is 0. The molecule has 1 saturated heterocycles. The van der Waals surface area contributed by atoms with Crippen LogP contribution in [0.3, 0.4) is 0 Å². The zero-order chi connectivity index (χ0) is 20.8. The molecular formula is C22H22N2O6. The van der Waals surface area contributed by atoms with Gasteiger partial charge in [-0.2, -0.15) is 0 Å². The third-order valence-electron chi connectivity index (χ3n) is 4.68. The topological polar surface area (TPSA) is 86.3 Å². The van der Waals surface area contributed by atoms with E-state index >= 15 is 0 Å². The van der Waals surface area contributed by atoms with Crippen LogP contribution in [0.15, 0.2) is 48.5 Å². The Kier molecular flexibility index (Phi) is 6.14. The highest BCUT2D eigenvalue weighted by Gasteiger charge is 2.13. The van der Waals surface area contributed by atoms with Crippen LogP contribution in [0.4, 0.5) is 11.4 Å². The van der Waals surface area contributed by atoms with Crippen molar-refractivity contribution in [3.8, 4) is 11.5 Å². The van der Waals surface area contributed by atoms with Gasteiger partial charge in [-0.3, -0.25) is 4.79 Å². The fraction of sp³-hybridized carbons (Fsp3) is 0.273. The number of ether oxygens (including phenoxy) is 4. The molecule has 4 rings (SSSR count). The molecule has 0 bridgehead atoms. The van der Waals surface area contributed by atoms with Crippen LogP contribution in [0.5, 0.6) is 11.5 Å². The highest BCUT2D eigenvalue weighted by molar-refractivity contribution is 5.94. The zero-order valence-electron chi connectivity index (χ0n) is 16.3. The summed E-state index contributed by atoms with van der Waals surface area (Å²) in [5, 5.41) is 2.72. The average Bonchev–Trinajstić information content (AvgIpc) is 3.25. The Labute approximate surface area is 174 Å². The third kappa shape index (κ3) is 5.09. The number of anilines is 2. The molecule has 0 unspecified atom stereocenters. The van der Waals surface area contributed by atoms with Crippen LogP contribution in [-0.2, 0) is 19.1 Å². The van der Waals surface area contributed by atoms with Crippen molar-refractivity contribution in [3.05, 3.63) is 54.1 Å². The van der Waals surface area contributed by atoms with Crippen LogP contribution >= 0.6 is 0 Å². The van der Waals surface area contributed by atoms with Crippen LogP contribution in [0.2, 0.25) is 0 Å². The van der Waals surface area contributed by atoms with E-state index in [0.29, 0.717) is 30.4 Å². The van der Waals surface area contributed by atoms with Crippen molar-refractivity contribution in [3.63, 3.8) is 0 Å². The molecule has 1 N–H and O–H groups in total. The van der Waals surface area contributed by atoms with Crippen molar-refractivity contribution in [2.24, 2.45) is 0 Å². The largest absolute Gasteiger partial charge is 0.454 e. The van der Waals surface area contributed by atoms with Gasteiger partial charge >= 0.3 is 5.97 Å². The number of carbonyl (C=O) groups is 2. The van der Waals surface area contributed by atoms with E-state index in [1.54, 1.807) is 24.3 Å². The molecule has 0 atom stereocenters. The van der Waals surface area contributed by atoms with Crippen molar-refractivity contribution in [1.82, 2.24) is 0 Å². The molecule has 30 heavy (non-hydrogen) atoms. The summed E-state index contributed by atoms with van der Waals surface area (Å²) in [7, 11) is 0. The monoisotopic (exact) mass is 410 g/mol. The van der Waals surface area contributed by atoms with Gasteiger partial charge in [-0.05, 0) is 48.0 Å².